The summed E-state index contributed by atoms with van der Waals surface area (Å²) in [5.74, 6) is -0.805. The number of aryl methyl sites for hydroxylation is 1. The van der Waals surface area contributed by atoms with Crippen LogP contribution in [0.1, 0.15) is 21.2 Å². The number of esters is 1. The number of halogens is 1. The molecular weight excluding hydrogens is 474 g/mol. The third-order valence-corrected chi connectivity index (χ3v) is 6.49. The molecule has 0 fully saturated rings. The first kappa shape index (κ1) is 21.7. The fourth-order valence-corrected chi connectivity index (χ4v) is 4.79. The molecule has 0 saturated heterocycles. The number of aromatic amines is 1. The van der Waals surface area contributed by atoms with E-state index in [0.29, 0.717) is 15.4 Å². The fraction of sp³-hybridized carbons (Fsp3) is 0.0833. The number of ether oxygens (including phenoxy) is 1. The third kappa shape index (κ3) is 3.90. The zero-order valence-corrected chi connectivity index (χ0v) is 19.3. The molecule has 168 valence electrons. The lowest BCUT2D eigenvalue weighted by molar-refractivity contribution is 0.0508. The molecular formula is C24H16ClN5O3S. The van der Waals surface area contributed by atoms with Crippen LogP contribution in [0.4, 0.5) is 0 Å². The number of nitrogens with one attached hydrogen (secondary N) is 1. The van der Waals surface area contributed by atoms with Gasteiger partial charge in [0, 0.05) is 10.4 Å². The quantitative estimate of drug-likeness (QED) is 0.189. The molecule has 3 heterocycles. The van der Waals surface area contributed by atoms with Crippen LogP contribution in [-0.4, -0.2) is 37.4 Å². The van der Waals surface area contributed by atoms with Gasteiger partial charge in [0.2, 0.25) is 0 Å². The van der Waals surface area contributed by atoms with Gasteiger partial charge in [0.05, 0.1) is 22.4 Å². The first-order valence-electron chi connectivity index (χ1n) is 10.1. The lowest BCUT2D eigenvalue weighted by atomic mass is 10.2. The highest BCUT2D eigenvalue weighted by molar-refractivity contribution is 7.20. The van der Waals surface area contributed by atoms with Crippen molar-refractivity contribution >= 4 is 55.7 Å². The molecule has 3 aromatic heterocycles. The number of nitrogens with zero attached hydrogens (tertiary/aromatic N) is 4. The molecule has 0 unspecified atom stereocenters. The maximum Gasteiger partial charge on any atom is 0.348 e. The predicted molar refractivity (Wildman–Crippen MR) is 130 cm³/mol. The number of imidazole rings is 1. The van der Waals surface area contributed by atoms with Crippen LogP contribution in [-0.2, 0) is 4.74 Å². The van der Waals surface area contributed by atoms with Gasteiger partial charge in [-0.05, 0) is 43.3 Å². The Balaban J connectivity index is 1.39. The number of carbonyl (C=O) groups is 1. The van der Waals surface area contributed by atoms with Gasteiger partial charge >= 0.3 is 5.97 Å². The van der Waals surface area contributed by atoms with Gasteiger partial charge in [0.25, 0.3) is 0 Å². The van der Waals surface area contributed by atoms with Gasteiger partial charge in [-0.15, -0.1) is 11.3 Å². The molecule has 0 bridgehead atoms. The summed E-state index contributed by atoms with van der Waals surface area (Å²) in [6.07, 6.45) is 0. The molecule has 5 rings (SSSR count). The average molecular weight is 490 g/mol. The number of aliphatic hydroxyl groups excluding tert-OH is 1. The average Bonchev–Trinajstić information content (AvgIpc) is 3.52. The number of aromatic nitrogens is 4. The van der Waals surface area contributed by atoms with Crippen molar-refractivity contribution in [1.82, 2.24) is 19.7 Å². The van der Waals surface area contributed by atoms with E-state index in [0.717, 1.165) is 27.1 Å². The van der Waals surface area contributed by atoms with Gasteiger partial charge in [-0.25, -0.2) is 14.5 Å². The number of thiophene rings is 1. The molecule has 2 aromatic carbocycles. The molecule has 5 aromatic rings. The second kappa shape index (κ2) is 8.67. The first-order valence-corrected chi connectivity index (χ1v) is 11.3. The van der Waals surface area contributed by atoms with Gasteiger partial charge in [-0.3, -0.25) is 0 Å². The van der Waals surface area contributed by atoms with E-state index in [1.54, 1.807) is 28.9 Å². The van der Waals surface area contributed by atoms with Crippen LogP contribution in [0.3, 0.4) is 0 Å². The summed E-state index contributed by atoms with van der Waals surface area (Å²) in [6.45, 7) is 1.39. The highest BCUT2D eigenvalue weighted by Crippen LogP contribution is 2.31. The van der Waals surface area contributed by atoms with E-state index in [-0.39, 0.29) is 11.4 Å². The fourth-order valence-electron chi connectivity index (χ4n) is 3.53. The molecule has 0 aliphatic heterocycles. The molecule has 0 amide bonds. The van der Waals surface area contributed by atoms with Crippen molar-refractivity contribution in [2.24, 2.45) is 0 Å². The number of fused-ring (bicyclic) bond motifs is 2. The molecule has 0 spiro atoms. The summed E-state index contributed by atoms with van der Waals surface area (Å²) in [6, 6.07) is 18.1. The van der Waals surface area contributed by atoms with Crippen molar-refractivity contribution in [3.8, 4) is 11.8 Å². The van der Waals surface area contributed by atoms with Crippen molar-refractivity contribution in [2.45, 2.75) is 6.92 Å². The summed E-state index contributed by atoms with van der Waals surface area (Å²) in [5.41, 5.74) is 2.82. The van der Waals surface area contributed by atoms with Crippen LogP contribution in [0.15, 0.2) is 60.4 Å². The number of rotatable bonds is 5. The molecule has 0 atom stereocenters. The summed E-state index contributed by atoms with van der Waals surface area (Å²) < 4.78 is 7.02. The monoisotopic (exact) mass is 489 g/mol. The second-order valence-corrected chi connectivity index (χ2v) is 8.89. The summed E-state index contributed by atoms with van der Waals surface area (Å²) >= 11 is 7.33. The number of aliphatic hydroxyl groups is 1. The number of nitriles is 1. The lowest BCUT2D eigenvalue weighted by Crippen LogP contribution is -2.08. The standard InChI is InChI=1S/C24H16ClN5O3S/c1-13-16-10-21(34-23(16)30(29-13)15-6-4-5-14(25)9-15)24(32)33-12-20(31)17(11-26)22-27-18-7-2-3-8-19(18)28-22/h2-10,31H,12H2,1H3,(H,27,28)/b20-17-. The number of allylic oxidation sites excluding steroid dienone is 1. The Morgan fingerprint density at radius 1 is 1.26 bits per heavy atom. The van der Waals surface area contributed by atoms with E-state index >= 15 is 0 Å². The third-order valence-electron chi connectivity index (χ3n) is 5.17. The summed E-state index contributed by atoms with van der Waals surface area (Å²) in [5, 5.41) is 25.9. The van der Waals surface area contributed by atoms with E-state index in [1.165, 1.54) is 11.3 Å². The summed E-state index contributed by atoms with van der Waals surface area (Å²) in [4.78, 5) is 21.1. The van der Waals surface area contributed by atoms with Crippen molar-refractivity contribution in [2.75, 3.05) is 6.61 Å². The van der Waals surface area contributed by atoms with Crippen molar-refractivity contribution in [3.63, 3.8) is 0 Å². The first-order chi connectivity index (χ1) is 16.4. The number of carbonyl (C=O) groups excluding carboxylic acids is 1. The van der Waals surface area contributed by atoms with Gasteiger partial charge < -0.3 is 14.8 Å². The van der Waals surface area contributed by atoms with Crippen molar-refractivity contribution in [1.29, 1.82) is 5.26 Å². The van der Waals surface area contributed by atoms with E-state index in [2.05, 4.69) is 15.1 Å². The van der Waals surface area contributed by atoms with Gasteiger partial charge in [0.1, 0.15) is 28.0 Å². The predicted octanol–water partition coefficient (Wildman–Crippen LogP) is 5.57. The molecule has 34 heavy (non-hydrogen) atoms. The van der Waals surface area contributed by atoms with E-state index in [1.807, 2.05) is 43.3 Å². The molecule has 8 nitrogen and oxygen atoms in total. The van der Waals surface area contributed by atoms with Crippen LogP contribution >= 0.6 is 22.9 Å². The lowest BCUT2D eigenvalue weighted by Gasteiger charge is -2.04. The number of hydrogen-bond donors (Lipinski definition) is 2. The van der Waals surface area contributed by atoms with Crippen LogP contribution < -0.4 is 0 Å². The summed E-state index contributed by atoms with van der Waals surface area (Å²) in [7, 11) is 0. The van der Waals surface area contributed by atoms with Crippen molar-refractivity contribution < 1.29 is 14.6 Å². The minimum absolute atomic E-state index is 0.0900. The van der Waals surface area contributed by atoms with Crippen LogP contribution in [0, 0.1) is 18.3 Å². The molecule has 0 aliphatic carbocycles. The molecule has 2 N–H and O–H groups in total. The van der Waals surface area contributed by atoms with Gasteiger partial charge in [-0.2, -0.15) is 10.4 Å². The highest BCUT2D eigenvalue weighted by atomic mass is 35.5. The van der Waals surface area contributed by atoms with Crippen LogP contribution in [0.2, 0.25) is 5.02 Å². The second-order valence-electron chi connectivity index (χ2n) is 7.42. The number of para-hydroxylation sites is 2. The highest BCUT2D eigenvalue weighted by Gasteiger charge is 2.20. The Bertz CT molecular complexity index is 1610. The number of H-pyrrole nitrogens is 1. The zero-order valence-electron chi connectivity index (χ0n) is 17.7. The SMILES string of the molecule is Cc1nn(-c2cccc(Cl)c2)c2sc(C(=O)OC/C(O)=C(\C#N)c3nc4ccccc4[nH]3)cc12. The maximum atomic E-state index is 12.7. The van der Waals surface area contributed by atoms with E-state index in [9.17, 15) is 15.2 Å². The topological polar surface area (TPSA) is 117 Å². The smallest absolute Gasteiger partial charge is 0.348 e. The molecule has 10 heteroatoms. The minimum atomic E-state index is -0.619. The van der Waals surface area contributed by atoms with Crippen LogP contribution in [0.5, 0.6) is 0 Å². The normalized spacial score (nSPS) is 12.0. The Morgan fingerprint density at radius 3 is 2.85 bits per heavy atom. The van der Waals surface area contributed by atoms with Crippen LogP contribution in [0.25, 0.3) is 32.5 Å². The number of benzene rings is 2. The van der Waals surface area contributed by atoms with Crippen molar-refractivity contribution in [3.05, 3.63) is 81.8 Å². The Labute approximate surface area is 202 Å². The largest absolute Gasteiger partial charge is 0.507 e. The molecule has 0 radical (unpaired) electrons. The molecule has 0 aliphatic rings. The van der Waals surface area contributed by atoms with Gasteiger partial charge in [0.15, 0.2) is 11.6 Å². The Morgan fingerprint density at radius 2 is 2.09 bits per heavy atom. The van der Waals surface area contributed by atoms with Gasteiger partial charge in [-0.1, -0.05) is 29.8 Å². The number of hydrogen-bond acceptors (Lipinski definition) is 7. The Hall–Kier alpha value is -4.13. The minimum Gasteiger partial charge on any atom is -0.507 e. The zero-order chi connectivity index (χ0) is 23.8. The van der Waals surface area contributed by atoms with E-state index in [4.69, 9.17) is 16.3 Å². The maximum absolute atomic E-state index is 12.7. The molecule has 0 saturated carbocycles. The van der Waals surface area contributed by atoms with E-state index < -0.39 is 18.3 Å². The Kier molecular flexibility index (Phi) is 5.53.